The molecule has 0 radical (unpaired) electrons. The molecule has 13 heteroatoms. The number of nitrogen functional groups attached to an aromatic ring is 1. The highest BCUT2D eigenvalue weighted by atomic mass is 32.5. The average Bonchev–Trinajstić information content (AvgIpc) is 3.01. The molecular weight excluding hydrogens is 397 g/mol. The maximum Gasteiger partial charge on any atom is 0.177 e. The van der Waals surface area contributed by atoms with E-state index >= 15 is 0 Å². The van der Waals surface area contributed by atoms with Crippen molar-refractivity contribution in [2.24, 2.45) is 0 Å². The first-order chi connectivity index (χ1) is 12.2. The van der Waals surface area contributed by atoms with Crippen LogP contribution in [0, 0.1) is 0 Å². The van der Waals surface area contributed by atoms with Gasteiger partial charge in [-0.1, -0.05) is 6.72 Å². The minimum Gasteiger partial charge on any atom is -0.812 e. The number of hydrogen-bond acceptors (Lipinski definition) is 11. The topological polar surface area (TPSA) is 175 Å². The molecule has 3 rings (SSSR count). The molecule has 27 heavy (non-hydrogen) atoms. The van der Waals surface area contributed by atoms with E-state index in [0.29, 0.717) is 0 Å². The SMILES string of the molecule is CC1(O)[C@@](C)(COP([O-])([O-])=S)O[C@@](C)(n2cnc3c(N)ncnc32)[C@@]1(C)O. The molecule has 0 spiro atoms. The number of anilines is 1. The summed E-state index contributed by atoms with van der Waals surface area (Å²) in [4.78, 5) is 34.7. The van der Waals surface area contributed by atoms with Crippen LogP contribution in [0.25, 0.3) is 11.2 Å². The number of imidazole rings is 1. The van der Waals surface area contributed by atoms with Crippen molar-refractivity contribution in [1.29, 1.82) is 0 Å². The molecule has 1 saturated heterocycles. The van der Waals surface area contributed by atoms with Gasteiger partial charge in [-0.15, -0.1) is 11.8 Å². The van der Waals surface area contributed by atoms with Crippen molar-refractivity contribution in [3.8, 4) is 0 Å². The molecule has 0 amide bonds. The van der Waals surface area contributed by atoms with Gasteiger partial charge < -0.3 is 35.0 Å². The molecule has 2 aromatic heterocycles. The van der Waals surface area contributed by atoms with Crippen LogP contribution in [0.3, 0.4) is 0 Å². The van der Waals surface area contributed by atoms with E-state index in [9.17, 15) is 20.0 Å². The van der Waals surface area contributed by atoms with Crippen LogP contribution in [-0.4, -0.2) is 53.1 Å². The smallest absolute Gasteiger partial charge is 0.177 e. The summed E-state index contributed by atoms with van der Waals surface area (Å²) >= 11 is 4.25. The van der Waals surface area contributed by atoms with Crippen molar-refractivity contribution < 1.29 is 29.3 Å². The van der Waals surface area contributed by atoms with Crippen molar-refractivity contribution in [2.45, 2.75) is 50.2 Å². The standard InChI is InChI=1S/C14H22N5O6PS/c1-11(5-24-26(22,23)27)12(2,20)13(3,21)14(4,25-11)19-7-18-8-9(15)16-6-17-10(8)19/h6-7,20-21H,5H2,1-4H3,(H2,15,16,17)(H2,22,23,27)/p-2/t11-,12?,13+,14-/m1/s1. The van der Waals surface area contributed by atoms with Gasteiger partial charge in [0.05, 0.1) is 12.9 Å². The van der Waals surface area contributed by atoms with Crippen LogP contribution in [0.5, 0.6) is 0 Å². The first-order valence-electron chi connectivity index (χ1n) is 7.92. The zero-order valence-electron chi connectivity index (χ0n) is 15.1. The van der Waals surface area contributed by atoms with E-state index in [1.165, 1.54) is 44.9 Å². The Morgan fingerprint density at radius 1 is 1.22 bits per heavy atom. The third kappa shape index (κ3) is 2.79. The number of ether oxygens (including phenoxy) is 1. The predicted octanol–water partition coefficient (Wildman–Crippen LogP) is -1.67. The van der Waals surface area contributed by atoms with Crippen molar-refractivity contribution >= 4 is 35.5 Å². The number of aromatic nitrogens is 4. The van der Waals surface area contributed by atoms with E-state index in [4.69, 9.17) is 15.0 Å². The quantitative estimate of drug-likeness (QED) is 0.485. The zero-order chi connectivity index (χ0) is 20.5. The highest BCUT2D eigenvalue weighted by Gasteiger charge is 2.73. The van der Waals surface area contributed by atoms with Crippen LogP contribution in [-0.2, 0) is 26.8 Å². The van der Waals surface area contributed by atoms with Gasteiger partial charge in [0.2, 0.25) is 0 Å². The summed E-state index contributed by atoms with van der Waals surface area (Å²) in [5.41, 5.74) is -0.772. The first-order valence-corrected chi connectivity index (χ1v) is 10.5. The Kier molecular flexibility index (Phi) is 4.46. The van der Waals surface area contributed by atoms with Crippen molar-refractivity contribution in [3.63, 3.8) is 0 Å². The Hall–Kier alpha value is -1.24. The molecule has 4 N–H and O–H groups in total. The summed E-state index contributed by atoms with van der Waals surface area (Å²) in [6.45, 7) is 0.511. The minimum absolute atomic E-state index is 0.135. The van der Waals surface area contributed by atoms with Crippen LogP contribution >= 0.6 is 6.72 Å². The van der Waals surface area contributed by atoms with Crippen molar-refractivity contribution in [3.05, 3.63) is 12.7 Å². The molecule has 1 unspecified atom stereocenters. The van der Waals surface area contributed by atoms with Crippen LogP contribution < -0.4 is 15.5 Å². The second-order valence-electron chi connectivity index (χ2n) is 7.23. The summed E-state index contributed by atoms with van der Waals surface area (Å²) in [6.07, 6.45) is 2.58. The number of fused-ring (bicyclic) bond motifs is 1. The highest BCUT2D eigenvalue weighted by Crippen LogP contribution is 2.55. The Morgan fingerprint density at radius 3 is 2.44 bits per heavy atom. The van der Waals surface area contributed by atoms with Gasteiger partial charge in [0, 0.05) is 0 Å². The Bertz CT molecular complexity index is 945. The predicted molar refractivity (Wildman–Crippen MR) is 94.4 cm³/mol. The van der Waals surface area contributed by atoms with Gasteiger partial charge in [-0.3, -0.25) is 4.57 Å². The fraction of sp³-hybridized carbons (Fsp3) is 0.643. The number of aliphatic hydroxyl groups is 2. The van der Waals surface area contributed by atoms with Crippen molar-refractivity contribution in [1.82, 2.24) is 19.5 Å². The van der Waals surface area contributed by atoms with Gasteiger partial charge in [-0.2, -0.15) is 0 Å². The van der Waals surface area contributed by atoms with Crippen molar-refractivity contribution in [2.75, 3.05) is 12.3 Å². The van der Waals surface area contributed by atoms with Crippen LogP contribution in [0.4, 0.5) is 5.82 Å². The van der Waals surface area contributed by atoms with Gasteiger partial charge in [0.25, 0.3) is 0 Å². The lowest BCUT2D eigenvalue weighted by atomic mass is 9.73. The fourth-order valence-corrected chi connectivity index (χ4v) is 3.99. The van der Waals surface area contributed by atoms with E-state index in [0.717, 1.165) is 0 Å². The molecule has 0 aromatic carbocycles. The number of nitrogens with two attached hydrogens (primary N) is 1. The highest BCUT2D eigenvalue weighted by molar-refractivity contribution is 8.05. The molecule has 150 valence electrons. The molecule has 1 aliphatic heterocycles. The zero-order valence-corrected chi connectivity index (χ0v) is 16.8. The first kappa shape index (κ1) is 20.5. The molecule has 1 fully saturated rings. The van der Waals surface area contributed by atoms with Gasteiger partial charge in [0.15, 0.2) is 17.2 Å². The number of rotatable bonds is 4. The molecule has 0 aliphatic carbocycles. The van der Waals surface area contributed by atoms with Gasteiger partial charge >= 0.3 is 0 Å². The van der Waals surface area contributed by atoms with E-state index < -0.39 is 35.9 Å². The second-order valence-corrected chi connectivity index (χ2v) is 9.72. The summed E-state index contributed by atoms with van der Waals surface area (Å²) in [6, 6.07) is 0. The average molecular weight is 417 g/mol. The lowest BCUT2D eigenvalue weighted by Crippen LogP contribution is -2.63. The van der Waals surface area contributed by atoms with Crippen LogP contribution in [0.15, 0.2) is 12.7 Å². The fourth-order valence-electron chi connectivity index (χ4n) is 3.42. The second kappa shape index (κ2) is 5.88. The molecule has 2 aromatic rings. The maximum atomic E-state index is 11.3. The van der Waals surface area contributed by atoms with E-state index in [2.05, 4.69) is 26.8 Å². The van der Waals surface area contributed by atoms with Gasteiger partial charge in [-0.05, 0) is 27.7 Å². The molecule has 1 aliphatic rings. The number of nitrogens with zero attached hydrogens (tertiary/aromatic N) is 4. The molecular formula is C14H20N5O6PS-2. The summed E-state index contributed by atoms with van der Waals surface area (Å²) < 4.78 is 12.2. The summed E-state index contributed by atoms with van der Waals surface area (Å²) in [7, 11) is 0. The third-order valence-corrected chi connectivity index (χ3v) is 6.39. The van der Waals surface area contributed by atoms with Gasteiger partial charge in [-0.25, -0.2) is 15.0 Å². The third-order valence-electron chi connectivity index (χ3n) is 5.62. The molecule has 11 nitrogen and oxygen atoms in total. The normalized spacial score (nSPS) is 37.2. The summed E-state index contributed by atoms with van der Waals surface area (Å²) in [5.74, 6) is 0.135. The van der Waals surface area contributed by atoms with E-state index in [1.54, 1.807) is 0 Å². The lowest BCUT2D eigenvalue weighted by molar-refractivity contribution is -0.325. The van der Waals surface area contributed by atoms with Crippen LogP contribution in [0.1, 0.15) is 27.7 Å². The van der Waals surface area contributed by atoms with E-state index in [-0.39, 0.29) is 17.0 Å². The largest absolute Gasteiger partial charge is 0.812 e. The molecule has 0 bridgehead atoms. The van der Waals surface area contributed by atoms with E-state index in [1.807, 2.05) is 0 Å². The lowest BCUT2D eigenvalue weighted by Gasteiger charge is -2.44. The Labute approximate surface area is 160 Å². The van der Waals surface area contributed by atoms with Crippen LogP contribution in [0.2, 0.25) is 0 Å². The minimum atomic E-state index is -4.50. The van der Waals surface area contributed by atoms with Gasteiger partial charge in [0.1, 0.15) is 28.6 Å². The monoisotopic (exact) mass is 417 g/mol. The Balaban J connectivity index is 2.14. The molecule has 0 saturated carbocycles. The molecule has 3 heterocycles. The summed E-state index contributed by atoms with van der Waals surface area (Å²) in [5, 5.41) is 22.4. The number of hydrogen-bond donors (Lipinski definition) is 3. The maximum absolute atomic E-state index is 11.3. The molecule has 4 atom stereocenters. The Morgan fingerprint density at radius 2 is 1.85 bits per heavy atom.